The lowest BCUT2D eigenvalue weighted by Crippen LogP contribution is -2.48. The van der Waals surface area contributed by atoms with E-state index in [1.807, 2.05) is 4.90 Å². The number of amides is 1. The fourth-order valence-corrected chi connectivity index (χ4v) is 4.08. The second kappa shape index (κ2) is 7.77. The number of methoxy groups -OCH3 is 1. The number of halogens is 3. The number of carbonyl (C=O) groups is 2. The molecule has 1 saturated heterocycles. The number of thiazole rings is 1. The number of ether oxygens (including phenoxy) is 1. The first-order chi connectivity index (χ1) is 12.4. The summed E-state index contributed by atoms with van der Waals surface area (Å²) in [5.41, 5.74) is 0.270. The molecule has 0 spiro atoms. The summed E-state index contributed by atoms with van der Waals surface area (Å²) >= 11 is 13.1. The fraction of sp³-hybridized carbons (Fsp3) is 0.312. The van der Waals surface area contributed by atoms with Crippen LogP contribution >= 0.6 is 34.5 Å². The molecule has 0 saturated carbocycles. The number of anilines is 1. The molecular weight excluding hydrogens is 404 g/mol. The van der Waals surface area contributed by atoms with Gasteiger partial charge in [-0.1, -0.05) is 34.5 Å². The lowest BCUT2D eigenvalue weighted by atomic mass is 10.1. The highest BCUT2D eigenvalue weighted by atomic mass is 35.5. The van der Waals surface area contributed by atoms with Crippen LogP contribution in [0.5, 0.6) is 0 Å². The van der Waals surface area contributed by atoms with Crippen molar-refractivity contribution in [2.75, 3.05) is 38.2 Å². The number of aromatic nitrogens is 1. The average molecular weight is 418 g/mol. The highest BCUT2D eigenvalue weighted by molar-refractivity contribution is 7.18. The first-order valence-electron chi connectivity index (χ1n) is 7.64. The zero-order valence-electron chi connectivity index (χ0n) is 13.7. The summed E-state index contributed by atoms with van der Waals surface area (Å²) in [6, 6.07) is 3.72. The van der Waals surface area contributed by atoms with Crippen molar-refractivity contribution in [1.29, 1.82) is 0 Å². The Labute approximate surface area is 163 Å². The van der Waals surface area contributed by atoms with Crippen molar-refractivity contribution in [2.45, 2.75) is 0 Å². The van der Waals surface area contributed by atoms with Crippen molar-refractivity contribution in [3.05, 3.63) is 44.6 Å². The number of piperazine rings is 1. The van der Waals surface area contributed by atoms with Gasteiger partial charge in [-0.15, -0.1) is 0 Å². The van der Waals surface area contributed by atoms with Crippen LogP contribution in [0.25, 0.3) is 0 Å². The number of hydrogen-bond acceptors (Lipinski definition) is 6. The molecule has 3 rings (SSSR count). The maximum absolute atomic E-state index is 13.1. The second-order valence-corrected chi connectivity index (χ2v) is 7.25. The third-order valence-corrected chi connectivity index (χ3v) is 5.74. The van der Waals surface area contributed by atoms with Crippen LogP contribution in [0.4, 0.5) is 9.52 Å². The molecule has 6 nitrogen and oxygen atoms in total. The standard InChI is InChI=1S/C16H14Cl2FN3O3S/c1-25-15(24)12-13(18)20-16(26-12)22-6-4-21(5-7-22)14(23)10-3-2-9(19)8-11(10)17/h2-3,8H,4-7H2,1H3. The SMILES string of the molecule is COC(=O)c1sc(N2CCN(C(=O)c3ccc(F)cc3Cl)CC2)nc1Cl. The van der Waals surface area contributed by atoms with Gasteiger partial charge in [0.1, 0.15) is 5.82 Å². The van der Waals surface area contributed by atoms with Crippen molar-refractivity contribution in [3.63, 3.8) is 0 Å². The topological polar surface area (TPSA) is 62.7 Å². The van der Waals surface area contributed by atoms with Gasteiger partial charge in [0, 0.05) is 26.2 Å². The van der Waals surface area contributed by atoms with E-state index in [0.717, 1.165) is 17.4 Å². The summed E-state index contributed by atoms with van der Waals surface area (Å²) in [5.74, 6) is -1.26. The van der Waals surface area contributed by atoms with E-state index in [1.165, 1.54) is 19.2 Å². The average Bonchev–Trinajstić information content (AvgIpc) is 3.02. The molecule has 0 atom stereocenters. The summed E-state index contributed by atoms with van der Waals surface area (Å²) in [6.45, 7) is 1.93. The lowest BCUT2D eigenvalue weighted by Gasteiger charge is -2.34. The van der Waals surface area contributed by atoms with Gasteiger partial charge in [-0.3, -0.25) is 4.79 Å². The summed E-state index contributed by atoms with van der Waals surface area (Å²) in [5, 5.41) is 0.794. The molecule has 26 heavy (non-hydrogen) atoms. The molecule has 1 aromatic heterocycles. The molecule has 1 aromatic carbocycles. The lowest BCUT2D eigenvalue weighted by molar-refractivity contribution is 0.0605. The largest absolute Gasteiger partial charge is 0.465 e. The van der Waals surface area contributed by atoms with E-state index in [2.05, 4.69) is 9.72 Å². The molecule has 1 amide bonds. The molecule has 0 N–H and O–H groups in total. The number of benzene rings is 1. The second-order valence-electron chi connectivity index (χ2n) is 5.51. The molecule has 2 aromatic rings. The van der Waals surface area contributed by atoms with Crippen molar-refractivity contribution >= 4 is 51.5 Å². The van der Waals surface area contributed by atoms with Gasteiger partial charge in [0.25, 0.3) is 5.91 Å². The van der Waals surface area contributed by atoms with Gasteiger partial charge in [0.05, 0.1) is 17.7 Å². The molecule has 0 unspecified atom stereocenters. The summed E-state index contributed by atoms with van der Waals surface area (Å²) in [7, 11) is 1.28. The Kier molecular flexibility index (Phi) is 5.64. The molecule has 1 fully saturated rings. The maximum Gasteiger partial charge on any atom is 0.351 e. The Morgan fingerprint density at radius 3 is 2.54 bits per heavy atom. The molecule has 1 aliphatic heterocycles. The van der Waals surface area contributed by atoms with Crippen molar-refractivity contribution < 1.29 is 18.7 Å². The highest BCUT2D eigenvalue weighted by Gasteiger charge is 2.27. The quantitative estimate of drug-likeness (QED) is 0.716. The molecule has 0 aliphatic carbocycles. The van der Waals surface area contributed by atoms with E-state index in [4.69, 9.17) is 23.2 Å². The molecule has 1 aliphatic rings. The maximum atomic E-state index is 13.1. The Balaban J connectivity index is 1.67. The molecule has 138 valence electrons. The Morgan fingerprint density at radius 1 is 1.23 bits per heavy atom. The molecule has 10 heteroatoms. The number of carbonyl (C=O) groups excluding carboxylic acids is 2. The van der Waals surface area contributed by atoms with Crippen molar-refractivity contribution in [2.24, 2.45) is 0 Å². The van der Waals surface area contributed by atoms with Crippen LogP contribution in [0.15, 0.2) is 18.2 Å². The normalized spacial score (nSPS) is 14.5. The minimum Gasteiger partial charge on any atom is -0.465 e. The number of nitrogens with zero attached hydrogens (tertiary/aromatic N) is 3. The van der Waals surface area contributed by atoms with Gasteiger partial charge in [-0.05, 0) is 18.2 Å². The van der Waals surface area contributed by atoms with Gasteiger partial charge in [0.2, 0.25) is 0 Å². The predicted octanol–water partition coefficient (Wildman–Crippen LogP) is 3.34. The Bertz CT molecular complexity index is 853. The summed E-state index contributed by atoms with van der Waals surface area (Å²) < 4.78 is 17.8. The first-order valence-corrected chi connectivity index (χ1v) is 9.22. The predicted molar refractivity (Wildman–Crippen MR) is 98.0 cm³/mol. The third-order valence-electron chi connectivity index (χ3n) is 3.94. The van der Waals surface area contributed by atoms with E-state index in [1.54, 1.807) is 4.90 Å². The van der Waals surface area contributed by atoms with Gasteiger partial charge in [-0.2, -0.15) is 0 Å². The van der Waals surface area contributed by atoms with Crippen LogP contribution in [-0.4, -0.2) is 55.0 Å². The number of hydrogen-bond donors (Lipinski definition) is 0. The third kappa shape index (κ3) is 3.77. The van der Waals surface area contributed by atoms with Crippen molar-refractivity contribution in [3.8, 4) is 0 Å². The zero-order valence-corrected chi connectivity index (χ0v) is 16.0. The van der Waals surface area contributed by atoms with Gasteiger partial charge in [-0.25, -0.2) is 14.2 Å². The van der Waals surface area contributed by atoms with Crippen LogP contribution in [0.2, 0.25) is 10.2 Å². The van der Waals surface area contributed by atoms with E-state index < -0.39 is 11.8 Å². The van der Waals surface area contributed by atoms with E-state index in [9.17, 15) is 14.0 Å². The fourth-order valence-electron chi connectivity index (χ4n) is 2.58. The van der Waals surface area contributed by atoms with Gasteiger partial charge < -0.3 is 14.5 Å². The zero-order chi connectivity index (χ0) is 18.8. The molecule has 0 bridgehead atoms. The van der Waals surface area contributed by atoms with Gasteiger partial charge >= 0.3 is 5.97 Å². The van der Waals surface area contributed by atoms with E-state index in [0.29, 0.717) is 31.3 Å². The van der Waals surface area contributed by atoms with E-state index in [-0.39, 0.29) is 26.5 Å². The smallest absolute Gasteiger partial charge is 0.351 e. The molecular formula is C16H14Cl2FN3O3S. The first kappa shape index (κ1) is 18.9. The monoisotopic (exact) mass is 417 g/mol. The van der Waals surface area contributed by atoms with Crippen LogP contribution in [0.3, 0.4) is 0 Å². The Morgan fingerprint density at radius 2 is 1.92 bits per heavy atom. The number of rotatable bonds is 3. The van der Waals surface area contributed by atoms with Crippen LogP contribution in [0, 0.1) is 5.82 Å². The highest BCUT2D eigenvalue weighted by Crippen LogP contribution is 2.31. The summed E-state index contributed by atoms with van der Waals surface area (Å²) in [6.07, 6.45) is 0. The Hall–Kier alpha value is -1.90. The van der Waals surface area contributed by atoms with Crippen LogP contribution in [-0.2, 0) is 4.74 Å². The minimum atomic E-state index is -0.529. The molecule has 0 radical (unpaired) electrons. The van der Waals surface area contributed by atoms with Crippen molar-refractivity contribution in [1.82, 2.24) is 9.88 Å². The van der Waals surface area contributed by atoms with Gasteiger partial charge in [0.15, 0.2) is 15.2 Å². The van der Waals surface area contributed by atoms with Crippen LogP contribution in [0.1, 0.15) is 20.0 Å². The summed E-state index contributed by atoms with van der Waals surface area (Å²) in [4.78, 5) is 32.2. The minimum absolute atomic E-state index is 0.0897. The molecule has 2 heterocycles. The van der Waals surface area contributed by atoms with E-state index >= 15 is 0 Å². The number of esters is 1. The van der Waals surface area contributed by atoms with Crippen LogP contribution < -0.4 is 4.90 Å².